The maximum Gasteiger partial charge on any atom is 0.407 e. The second-order valence-electron chi connectivity index (χ2n) is 2.43. The molecule has 0 aromatic heterocycles. The molecule has 0 bridgehead atoms. The molecule has 0 atom stereocenters. The summed E-state index contributed by atoms with van der Waals surface area (Å²) in [6, 6.07) is 0. The highest BCUT2D eigenvalue weighted by Gasteiger charge is 2.21. The average Bonchev–Trinajstić information content (AvgIpc) is 2.13. The Morgan fingerprint density at radius 2 is 2.20 bits per heavy atom. The van der Waals surface area contributed by atoms with Gasteiger partial charge in [-0.25, -0.2) is 4.79 Å². The Kier molecular flexibility index (Phi) is 7.42. The van der Waals surface area contributed by atoms with Crippen molar-refractivity contribution in [1.82, 2.24) is 5.32 Å². The third-order valence-corrected chi connectivity index (χ3v) is 1.46. The van der Waals surface area contributed by atoms with Gasteiger partial charge in [0.1, 0.15) is 6.61 Å². The van der Waals surface area contributed by atoms with Crippen molar-refractivity contribution in [3.63, 3.8) is 0 Å². The van der Waals surface area contributed by atoms with Gasteiger partial charge in [-0.05, 0) is 12.0 Å². The number of carbonyl (C=O) groups excluding carboxylic acids is 1. The second kappa shape index (κ2) is 7.70. The number of nitrogens with one attached hydrogen (secondary N) is 1. The lowest BCUT2D eigenvalue weighted by Crippen LogP contribution is -2.28. The third kappa shape index (κ3) is 11.4. The minimum Gasteiger partial charge on any atom is -0.445 e. The van der Waals surface area contributed by atoms with Crippen molar-refractivity contribution in [2.24, 2.45) is 5.11 Å². The fourth-order valence-electron chi connectivity index (χ4n) is 0.583. The van der Waals surface area contributed by atoms with Gasteiger partial charge in [-0.3, -0.25) is 0 Å². The van der Waals surface area contributed by atoms with Crippen molar-refractivity contribution in [3.05, 3.63) is 10.4 Å². The summed E-state index contributed by atoms with van der Waals surface area (Å²) < 4.78 is 2.95. The largest absolute Gasteiger partial charge is 0.445 e. The fourth-order valence-corrected chi connectivity index (χ4v) is 0.747. The molecule has 0 spiro atoms. The maximum absolute atomic E-state index is 10.9. The van der Waals surface area contributed by atoms with E-state index < -0.39 is 9.89 Å². The topological polar surface area (TPSA) is 87.1 Å². The van der Waals surface area contributed by atoms with E-state index >= 15 is 0 Å². The van der Waals surface area contributed by atoms with Crippen LogP contribution in [0.3, 0.4) is 0 Å². The van der Waals surface area contributed by atoms with E-state index in [1.54, 1.807) is 0 Å². The Hall–Kier alpha value is -0.550. The molecule has 0 saturated heterocycles. The van der Waals surface area contributed by atoms with Crippen LogP contribution in [0.15, 0.2) is 5.11 Å². The first-order valence-electron chi connectivity index (χ1n) is 3.94. The molecule has 0 aliphatic rings. The van der Waals surface area contributed by atoms with Gasteiger partial charge in [0, 0.05) is 18.0 Å². The van der Waals surface area contributed by atoms with Gasteiger partial charge in [-0.15, -0.1) is 0 Å². The van der Waals surface area contributed by atoms with E-state index in [0.717, 1.165) is 0 Å². The quantitative estimate of drug-likeness (QED) is 0.275. The number of alkyl halides is 3. The van der Waals surface area contributed by atoms with Crippen LogP contribution in [0.25, 0.3) is 10.4 Å². The molecule has 6 nitrogen and oxygen atoms in total. The molecule has 0 saturated carbocycles. The SMILES string of the molecule is [N-]=[N+]=NCCCNC(=O)OCC(Cl)(Cl)Cl. The number of rotatable bonds is 5. The van der Waals surface area contributed by atoms with E-state index in [-0.39, 0.29) is 6.61 Å². The van der Waals surface area contributed by atoms with Gasteiger partial charge < -0.3 is 10.1 Å². The molecule has 0 heterocycles. The van der Waals surface area contributed by atoms with E-state index in [4.69, 9.17) is 40.3 Å². The minimum atomic E-state index is -1.61. The van der Waals surface area contributed by atoms with Crippen LogP contribution < -0.4 is 5.32 Å². The Morgan fingerprint density at radius 3 is 2.73 bits per heavy atom. The summed E-state index contributed by atoms with van der Waals surface area (Å²) in [5, 5.41) is 5.67. The Balaban J connectivity index is 3.46. The van der Waals surface area contributed by atoms with E-state index in [9.17, 15) is 4.79 Å². The molecule has 0 unspecified atom stereocenters. The Morgan fingerprint density at radius 1 is 1.53 bits per heavy atom. The van der Waals surface area contributed by atoms with E-state index in [2.05, 4.69) is 20.1 Å². The zero-order valence-corrected chi connectivity index (χ0v) is 9.89. The molecular weight excluding hydrogens is 266 g/mol. The van der Waals surface area contributed by atoms with Crippen molar-refractivity contribution in [2.45, 2.75) is 10.2 Å². The molecular formula is C6H9Cl3N4O2. The van der Waals surface area contributed by atoms with Gasteiger partial charge in [0.2, 0.25) is 3.79 Å². The van der Waals surface area contributed by atoms with Crippen LogP contribution in [0, 0.1) is 0 Å². The molecule has 9 heteroatoms. The van der Waals surface area contributed by atoms with Crippen LogP contribution in [0.2, 0.25) is 0 Å². The van der Waals surface area contributed by atoms with E-state index in [1.807, 2.05) is 0 Å². The van der Waals surface area contributed by atoms with Crippen molar-refractivity contribution in [2.75, 3.05) is 19.7 Å². The number of nitrogens with zero attached hydrogens (tertiary/aromatic N) is 3. The van der Waals surface area contributed by atoms with Crippen molar-refractivity contribution in [3.8, 4) is 0 Å². The van der Waals surface area contributed by atoms with Gasteiger partial charge in [-0.1, -0.05) is 39.9 Å². The average molecular weight is 276 g/mol. The maximum atomic E-state index is 10.9. The molecule has 0 aliphatic carbocycles. The van der Waals surface area contributed by atoms with Gasteiger partial charge in [-0.2, -0.15) is 0 Å². The van der Waals surface area contributed by atoms with Gasteiger partial charge in [0.05, 0.1) is 0 Å². The van der Waals surface area contributed by atoms with Crippen LogP contribution in [-0.4, -0.2) is 29.6 Å². The zero-order chi connectivity index (χ0) is 11.7. The normalized spacial score (nSPS) is 10.3. The molecule has 0 aromatic carbocycles. The number of hydrogen-bond acceptors (Lipinski definition) is 3. The molecule has 0 fully saturated rings. The molecule has 0 rings (SSSR count). The van der Waals surface area contributed by atoms with Crippen LogP contribution in [0.5, 0.6) is 0 Å². The van der Waals surface area contributed by atoms with Crippen LogP contribution in [0.4, 0.5) is 4.79 Å². The molecule has 1 N–H and O–H groups in total. The molecule has 0 aromatic rings. The van der Waals surface area contributed by atoms with Gasteiger partial charge in [0.15, 0.2) is 0 Å². The number of carbonyl (C=O) groups is 1. The fraction of sp³-hybridized carbons (Fsp3) is 0.833. The summed E-state index contributed by atoms with van der Waals surface area (Å²) in [4.78, 5) is 13.5. The molecule has 86 valence electrons. The number of azide groups is 1. The van der Waals surface area contributed by atoms with Gasteiger partial charge >= 0.3 is 6.09 Å². The van der Waals surface area contributed by atoms with E-state index in [1.165, 1.54) is 0 Å². The lowest BCUT2D eigenvalue weighted by atomic mass is 10.4. The summed E-state index contributed by atoms with van der Waals surface area (Å²) in [5.74, 6) is 0. The van der Waals surface area contributed by atoms with Crippen LogP contribution in [-0.2, 0) is 4.74 Å². The summed E-state index contributed by atoms with van der Waals surface area (Å²) in [5.41, 5.74) is 7.95. The first-order valence-corrected chi connectivity index (χ1v) is 5.07. The number of amides is 1. The van der Waals surface area contributed by atoms with Gasteiger partial charge in [0.25, 0.3) is 0 Å². The third-order valence-electron chi connectivity index (χ3n) is 1.13. The lowest BCUT2D eigenvalue weighted by molar-refractivity contribution is 0.148. The van der Waals surface area contributed by atoms with Crippen LogP contribution in [0.1, 0.15) is 6.42 Å². The highest BCUT2D eigenvalue weighted by Crippen LogP contribution is 2.25. The summed E-state index contributed by atoms with van der Waals surface area (Å²) in [7, 11) is 0. The first-order chi connectivity index (χ1) is 6.95. The van der Waals surface area contributed by atoms with Crippen molar-refractivity contribution < 1.29 is 9.53 Å². The zero-order valence-electron chi connectivity index (χ0n) is 7.62. The smallest absolute Gasteiger partial charge is 0.407 e. The molecule has 0 aliphatic heterocycles. The number of hydrogen-bond donors (Lipinski definition) is 1. The lowest BCUT2D eigenvalue weighted by Gasteiger charge is -2.11. The van der Waals surface area contributed by atoms with Crippen LogP contribution >= 0.6 is 34.8 Å². The number of alkyl carbamates (subject to hydrolysis) is 1. The highest BCUT2D eigenvalue weighted by atomic mass is 35.6. The number of halogens is 3. The summed E-state index contributed by atoms with van der Waals surface area (Å²) in [6.07, 6.45) is -0.158. The monoisotopic (exact) mass is 274 g/mol. The molecule has 1 amide bonds. The molecule has 15 heavy (non-hydrogen) atoms. The predicted molar refractivity (Wildman–Crippen MR) is 58.3 cm³/mol. The second-order valence-corrected chi connectivity index (χ2v) is 4.94. The standard InChI is InChI=1S/C6H9Cl3N4O2/c7-6(8,9)4-15-5(14)11-2-1-3-12-13-10/h1-4H2,(H,11,14). The summed E-state index contributed by atoms with van der Waals surface area (Å²) >= 11 is 16.1. The summed E-state index contributed by atoms with van der Waals surface area (Å²) in [6.45, 7) is 0.318. The first kappa shape index (κ1) is 14.5. The molecule has 0 radical (unpaired) electrons. The van der Waals surface area contributed by atoms with E-state index in [0.29, 0.717) is 19.5 Å². The predicted octanol–water partition coefficient (Wildman–Crippen LogP) is 2.78. The minimum absolute atomic E-state index is 0.307. The van der Waals surface area contributed by atoms with Crippen molar-refractivity contribution >= 4 is 40.9 Å². The highest BCUT2D eigenvalue weighted by molar-refractivity contribution is 6.67. The van der Waals surface area contributed by atoms with Crippen molar-refractivity contribution in [1.29, 1.82) is 0 Å². The Labute approximate surface area is 101 Å². The number of ether oxygens (including phenoxy) is 1. The Bertz CT molecular complexity index is 249.